The lowest BCUT2D eigenvalue weighted by atomic mass is 10.3. The molecule has 1 aliphatic rings. The molecule has 1 aromatic carbocycles. The van der Waals surface area contributed by atoms with Crippen LogP contribution < -0.4 is 14.9 Å². The van der Waals surface area contributed by atoms with E-state index in [4.69, 9.17) is 4.74 Å². The number of benzene rings is 1. The monoisotopic (exact) mass is 328 g/mol. The van der Waals surface area contributed by atoms with Gasteiger partial charge < -0.3 is 15.0 Å². The first kappa shape index (κ1) is 16.9. The third-order valence-electron chi connectivity index (χ3n) is 3.46. The second-order valence-electron chi connectivity index (χ2n) is 5.22. The van der Waals surface area contributed by atoms with Crippen molar-refractivity contribution in [3.63, 3.8) is 0 Å². The standard InChI is InChI=1S/C14H21N3O4S/c1-12(18)16-13-2-4-14(5-3-13)22(19,20)15-6-7-17-8-10-21-11-9-17/h2-5,15H,6-11H2,1H3,(H,16,18)/p+1. The summed E-state index contributed by atoms with van der Waals surface area (Å²) >= 11 is 0. The zero-order chi connectivity index (χ0) is 16.0. The quantitative estimate of drug-likeness (QED) is 0.614. The van der Waals surface area contributed by atoms with E-state index in [0.29, 0.717) is 12.2 Å². The van der Waals surface area contributed by atoms with Crippen LogP contribution in [0.15, 0.2) is 29.2 Å². The molecule has 2 rings (SSSR count). The summed E-state index contributed by atoms with van der Waals surface area (Å²) in [7, 11) is -3.51. The van der Waals surface area contributed by atoms with Gasteiger partial charge in [0.1, 0.15) is 13.1 Å². The lowest BCUT2D eigenvalue weighted by Crippen LogP contribution is -3.14. The maximum absolute atomic E-state index is 12.2. The molecule has 1 saturated heterocycles. The molecule has 1 aliphatic heterocycles. The summed E-state index contributed by atoms with van der Waals surface area (Å²) in [5.74, 6) is -0.192. The van der Waals surface area contributed by atoms with Crippen LogP contribution in [-0.4, -0.2) is 53.7 Å². The summed E-state index contributed by atoms with van der Waals surface area (Å²) in [6.07, 6.45) is 0. The minimum Gasteiger partial charge on any atom is -0.370 e. The fraction of sp³-hybridized carbons (Fsp3) is 0.500. The van der Waals surface area contributed by atoms with Crippen LogP contribution in [0.2, 0.25) is 0 Å². The van der Waals surface area contributed by atoms with Crippen LogP contribution in [0.3, 0.4) is 0 Å². The summed E-state index contributed by atoms with van der Waals surface area (Å²) in [6, 6.07) is 6.11. The van der Waals surface area contributed by atoms with E-state index in [0.717, 1.165) is 32.8 Å². The molecule has 22 heavy (non-hydrogen) atoms. The zero-order valence-corrected chi connectivity index (χ0v) is 13.4. The molecule has 0 spiro atoms. The van der Waals surface area contributed by atoms with Gasteiger partial charge in [0.15, 0.2) is 0 Å². The molecule has 1 amide bonds. The van der Waals surface area contributed by atoms with Gasteiger partial charge in [0.25, 0.3) is 0 Å². The highest BCUT2D eigenvalue weighted by atomic mass is 32.2. The second-order valence-corrected chi connectivity index (χ2v) is 6.98. The van der Waals surface area contributed by atoms with Crippen molar-refractivity contribution in [3.8, 4) is 0 Å². The van der Waals surface area contributed by atoms with Gasteiger partial charge in [0.2, 0.25) is 15.9 Å². The van der Waals surface area contributed by atoms with Gasteiger partial charge in [0.05, 0.1) is 31.2 Å². The SMILES string of the molecule is CC(=O)Nc1ccc(S(=O)(=O)NCC[NH+]2CCOCC2)cc1. The number of quaternary nitrogens is 1. The van der Waals surface area contributed by atoms with E-state index in [1.165, 1.54) is 24.0 Å². The Morgan fingerprint density at radius 3 is 2.45 bits per heavy atom. The Hall–Kier alpha value is -1.48. The van der Waals surface area contributed by atoms with Crippen molar-refractivity contribution in [1.82, 2.24) is 4.72 Å². The number of carbonyl (C=O) groups is 1. The first-order valence-electron chi connectivity index (χ1n) is 7.26. The number of rotatable bonds is 6. The van der Waals surface area contributed by atoms with Crippen molar-refractivity contribution in [2.45, 2.75) is 11.8 Å². The predicted octanol–water partition coefficient (Wildman–Crippen LogP) is -1.16. The van der Waals surface area contributed by atoms with Gasteiger partial charge in [-0.15, -0.1) is 0 Å². The van der Waals surface area contributed by atoms with Crippen molar-refractivity contribution in [2.24, 2.45) is 0 Å². The minimum absolute atomic E-state index is 0.192. The van der Waals surface area contributed by atoms with Crippen LogP contribution >= 0.6 is 0 Å². The molecule has 0 bridgehead atoms. The van der Waals surface area contributed by atoms with Gasteiger partial charge in [-0.2, -0.15) is 0 Å². The number of hydrogen-bond acceptors (Lipinski definition) is 4. The summed E-state index contributed by atoms with van der Waals surface area (Å²) < 4.78 is 32.2. The van der Waals surface area contributed by atoms with Crippen molar-refractivity contribution >= 4 is 21.6 Å². The lowest BCUT2D eigenvalue weighted by molar-refractivity contribution is -0.906. The molecule has 0 unspecified atom stereocenters. The number of anilines is 1. The van der Waals surface area contributed by atoms with E-state index in [1.54, 1.807) is 12.1 Å². The van der Waals surface area contributed by atoms with Crippen LogP contribution in [0, 0.1) is 0 Å². The topological polar surface area (TPSA) is 88.9 Å². The number of sulfonamides is 1. The highest BCUT2D eigenvalue weighted by Crippen LogP contribution is 2.13. The normalized spacial score (nSPS) is 16.4. The smallest absolute Gasteiger partial charge is 0.240 e. The van der Waals surface area contributed by atoms with E-state index >= 15 is 0 Å². The van der Waals surface area contributed by atoms with Gasteiger partial charge in [-0.1, -0.05) is 0 Å². The van der Waals surface area contributed by atoms with Crippen molar-refractivity contribution in [1.29, 1.82) is 0 Å². The molecular formula is C14H22N3O4S+. The van der Waals surface area contributed by atoms with E-state index < -0.39 is 10.0 Å². The Kier molecular flexibility index (Phi) is 5.90. The maximum Gasteiger partial charge on any atom is 0.240 e. The second kappa shape index (κ2) is 7.68. The van der Waals surface area contributed by atoms with Crippen LogP contribution in [0.1, 0.15) is 6.92 Å². The first-order valence-corrected chi connectivity index (χ1v) is 8.74. The van der Waals surface area contributed by atoms with Crippen LogP contribution in [0.4, 0.5) is 5.69 Å². The van der Waals surface area contributed by atoms with E-state index in [-0.39, 0.29) is 10.8 Å². The molecule has 0 atom stereocenters. The molecule has 1 heterocycles. The third kappa shape index (κ3) is 5.06. The summed E-state index contributed by atoms with van der Waals surface area (Å²) in [5.41, 5.74) is 0.573. The largest absolute Gasteiger partial charge is 0.370 e. The number of nitrogens with one attached hydrogen (secondary N) is 3. The highest BCUT2D eigenvalue weighted by molar-refractivity contribution is 7.89. The number of morpholine rings is 1. The van der Waals surface area contributed by atoms with Crippen molar-refractivity contribution in [3.05, 3.63) is 24.3 Å². The average molecular weight is 328 g/mol. The van der Waals surface area contributed by atoms with Crippen LogP contribution in [-0.2, 0) is 19.6 Å². The molecule has 0 radical (unpaired) electrons. The average Bonchev–Trinajstić information content (AvgIpc) is 2.48. The Morgan fingerprint density at radius 2 is 1.86 bits per heavy atom. The third-order valence-corrected chi connectivity index (χ3v) is 4.93. The molecule has 1 aromatic rings. The van der Waals surface area contributed by atoms with Gasteiger partial charge >= 0.3 is 0 Å². The molecule has 0 saturated carbocycles. The van der Waals surface area contributed by atoms with Gasteiger partial charge in [-0.25, -0.2) is 13.1 Å². The van der Waals surface area contributed by atoms with E-state index in [9.17, 15) is 13.2 Å². The van der Waals surface area contributed by atoms with Gasteiger partial charge in [-0.05, 0) is 24.3 Å². The van der Waals surface area contributed by atoms with E-state index in [2.05, 4.69) is 10.0 Å². The maximum atomic E-state index is 12.2. The van der Waals surface area contributed by atoms with Crippen molar-refractivity contribution < 1.29 is 22.8 Å². The minimum atomic E-state index is -3.51. The van der Waals surface area contributed by atoms with Crippen molar-refractivity contribution in [2.75, 3.05) is 44.7 Å². The molecule has 0 aliphatic carbocycles. The number of amides is 1. The molecule has 3 N–H and O–H groups in total. The fourth-order valence-electron chi connectivity index (χ4n) is 2.28. The summed E-state index contributed by atoms with van der Waals surface area (Å²) in [5, 5.41) is 2.60. The Bertz CT molecular complexity index is 595. The molecule has 122 valence electrons. The van der Waals surface area contributed by atoms with E-state index in [1.807, 2.05) is 0 Å². The zero-order valence-electron chi connectivity index (χ0n) is 12.6. The molecule has 1 fully saturated rings. The summed E-state index contributed by atoms with van der Waals surface area (Å²) in [4.78, 5) is 12.5. The molecule has 7 nitrogen and oxygen atoms in total. The fourth-order valence-corrected chi connectivity index (χ4v) is 3.31. The van der Waals surface area contributed by atoms with Crippen LogP contribution in [0.5, 0.6) is 0 Å². The molecule has 8 heteroatoms. The number of hydrogen-bond donors (Lipinski definition) is 3. The Morgan fingerprint density at radius 1 is 1.23 bits per heavy atom. The van der Waals surface area contributed by atoms with Gasteiger partial charge in [0, 0.05) is 12.6 Å². The Labute approximate surface area is 130 Å². The molecule has 0 aromatic heterocycles. The molecular weight excluding hydrogens is 306 g/mol. The van der Waals surface area contributed by atoms with Crippen LogP contribution in [0.25, 0.3) is 0 Å². The first-order chi connectivity index (χ1) is 10.5. The number of carbonyl (C=O) groups excluding carboxylic acids is 1. The lowest BCUT2D eigenvalue weighted by Gasteiger charge is -2.23. The number of ether oxygens (including phenoxy) is 1. The summed E-state index contributed by atoms with van der Waals surface area (Å²) in [6.45, 7) is 5.82. The van der Waals surface area contributed by atoms with Gasteiger partial charge in [-0.3, -0.25) is 4.79 Å². The predicted molar refractivity (Wildman–Crippen MR) is 82.3 cm³/mol. The highest BCUT2D eigenvalue weighted by Gasteiger charge is 2.17. The Balaban J connectivity index is 1.87.